The fraction of sp³-hybridized carbons (Fsp3) is 0.429. The van der Waals surface area contributed by atoms with Gasteiger partial charge in [-0.3, -0.25) is 0 Å². The summed E-state index contributed by atoms with van der Waals surface area (Å²) in [4.78, 5) is 0. The van der Waals surface area contributed by atoms with Gasteiger partial charge in [0.05, 0.1) is 26.4 Å². The SMILES string of the molecule is COc1ccc2c(c1)CO[C@@H]1[C@@H](OCc3ccccc3C)[C@@H](C)O[C@H]21. The largest absolute Gasteiger partial charge is 0.497 e. The van der Waals surface area contributed by atoms with Gasteiger partial charge >= 0.3 is 0 Å². The Morgan fingerprint density at radius 1 is 1.16 bits per heavy atom. The van der Waals surface area contributed by atoms with Crippen LogP contribution in [0.3, 0.4) is 0 Å². The zero-order chi connectivity index (χ0) is 17.4. The van der Waals surface area contributed by atoms with Crippen molar-refractivity contribution in [2.24, 2.45) is 0 Å². The van der Waals surface area contributed by atoms with Crippen molar-refractivity contribution >= 4 is 0 Å². The minimum absolute atomic E-state index is 0.00734. The third-order valence-corrected chi connectivity index (χ3v) is 5.23. The van der Waals surface area contributed by atoms with Crippen molar-refractivity contribution in [2.75, 3.05) is 7.11 Å². The first-order chi connectivity index (χ1) is 12.2. The molecule has 0 saturated carbocycles. The standard InChI is InChI=1S/C21H24O4/c1-13-6-4-5-7-15(13)11-23-19-14(2)25-20-18-9-8-17(22-3)10-16(18)12-24-21(19)20/h4-10,14,19-21H,11-12H2,1-3H3/t14-,19+,20-,21-/m1/s1. The number of benzene rings is 2. The van der Waals surface area contributed by atoms with Gasteiger partial charge in [-0.25, -0.2) is 0 Å². The van der Waals surface area contributed by atoms with Crippen LogP contribution < -0.4 is 4.74 Å². The second-order valence-corrected chi connectivity index (χ2v) is 6.80. The van der Waals surface area contributed by atoms with Crippen molar-refractivity contribution in [1.82, 2.24) is 0 Å². The van der Waals surface area contributed by atoms with Crippen LogP contribution in [0.25, 0.3) is 0 Å². The van der Waals surface area contributed by atoms with Crippen molar-refractivity contribution in [3.8, 4) is 5.75 Å². The second-order valence-electron chi connectivity index (χ2n) is 6.80. The molecule has 2 aromatic rings. The van der Waals surface area contributed by atoms with Crippen LogP contribution in [0, 0.1) is 6.92 Å². The zero-order valence-electron chi connectivity index (χ0n) is 14.9. The Hall–Kier alpha value is -1.88. The summed E-state index contributed by atoms with van der Waals surface area (Å²) in [5.74, 6) is 0.846. The van der Waals surface area contributed by atoms with E-state index in [-0.39, 0.29) is 24.4 Å². The molecule has 1 fully saturated rings. The van der Waals surface area contributed by atoms with Crippen molar-refractivity contribution in [3.05, 3.63) is 64.7 Å². The highest BCUT2D eigenvalue weighted by atomic mass is 16.6. The maximum atomic E-state index is 6.24. The number of ether oxygens (including phenoxy) is 4. The Kier molecular flexibility index (Phi) is 4.50. The smallest absolute Gasteiger partial charge is 0.119 e. The molecule has 25 heavy (non-hydrogen) atoms. The molecule has 4 heteroatoms. The zero-order valence-corrected chi connectivity index (χ0v) is 14.9. The van der Waals surface area contributed by atoms with Crippen molar-refractivity contribution in [1.29, 1.82) is 0 Å². The van der Waals surface area contributed by atoms with Gasteiger partial charge in [0.2, 0.25) is 0 Å². The van der Waals surface area contributed by atoms with Crippen LogP contribution in [0.4, 0.5) is 0 Å². The minimum Gasteiger partial charge on any atom is -0.497 e. The fourth-order valence-corrected chi connectivity index (χ4v) is 3.74. The highest BCUT2D eigenvalue weighted by Gasteiger charge is 2.47. The van der Waals surface area contributed by atoms with Gasteiger partial charge in [-0.15, -0.1) is 0 Å². The molecule has 2 aliphatic rings. The highest BCUT2D eigenvalue weighted by molar-refractivity contribution is 5.39. The molecule has 0 N–H and O–H groups in total. The van der Waals surface area contributed by atoms with Crippen LogP contribution in [0.2, 0.25) is 0 Å². The average molecular weight is 340 g/mol. The molecule has 0 spiro atoms. The van der Waals surface area contributed by atoms with E-state index in [1.807, 2.05) is 24.3 Å². The highest BCUT2D eigenvalue weighted by Crippen LogP contribution is 2.43. The summed E-state index contributed by atoms with van der Waals surface area (Å²) < 4.78 is 23.9. The normalized spacial score (nSPS) is 27.6. The van der Waals surface area contributed by atoms with Gasteiger partial charge in [-0.05, 0) is 48.2 Å². The van der Waals surface area contributed by atoms with Crippen molar-refractivity contribution < 1.29 is 18.9 Å². The maximum Gasteiger partial charge on any atom is 0.119 e. The number of hydrogen-bond acceptors (Lipinski definition) is 4. The minimum atomic E-state index is -0.0773. The Morgan fingerprint density at radius 3 is 2.80 bits per heavy atom. The molecule has 4 rings (SSSR count). The van der Waals surface area contributed by atoms with E-state index in [1.165, 1.54) is 16.7 Å². The lowest BCUT2D eigenvalue weighted by molar-refractivity contribution is -0.0855. The summed E-state index contributed by atoms with van der Waals surface area (Å²) in [7, 11) is 1.68. The van der Waals surface area contributed by atoms with Crippen LogP contribution in [0.5, 0.6) is 5.75 Å². The first-order valence-electron chi connectivity index (χ1n) is 8.77. The van der Waals surface area contributed by atoms with Crippen LogP contribution in [0.1, 0.15) is 35.3 Å². The van der Waals surface area contributed by atoms with E-state index in [1.54, 1.807) is 7.11 Å². The first-order valence-corrected chi connectivity index (χ1v) is 8.77. The van der Waals surface area contributed by atoms with E-state index in [0.29, 0.717) is 13.2 Å². The molecule has 0 amide bonds. The van der Waals surface area contributed by atoms with E-state index in [0.717, 1.165) is 11.3 Å². The number of hydrogen-bond donors (Lipinski definition) is 0. The van der Waals surface area contributed by atoms with Gasteiger partial charge in [0.15, 0.2) is 0 Å². The molecule has 0 unspecified atom stereocenters. The molecule has 0 bridgehead atoms. The van der Waals surface area contributed by atoms with Crippen LogP contribution >= 0.6 is 0 Å². The molecule has 132 valence electrons. The van der Waals surface area contributed by atoms with E-state index in [4.69, 9.17) is 18.9 Å². The monoisotopic (exact) mass is 340 g/mol. The van der Waals surface area contributed by atoms with Gasteiger partial charge in [0.1, 0.15) is 24.1 Å². The molecule has 0 aromatic heterocycles. The molecule has 0 radical (unpaired) electrons. The quantitative estimate of drug-likeness (QED) is 0.844. The van der Waals surface area contributed by atoms with Gasteiger partial charge in [-0.2, -0.15) is 0 Å². The first kappa shape index (κ1) is 16.6. The molecule has 1 saturated heterocycles. The molecule has 4 atom stereocenters. The van der Waals surface area contributed by atoms with Gasteiger partial charge in [-0.1, -0.05) is 30.3 Å². The molecular formula is C21H24O4. The summed E-state index contributed by atoms with van der Waals surface area (Å²) in [5.41, 5.74) is 4.77. The molecule has 2 aliphatic heterocycles. The van der Waals surface area contributed by atoms with Crippen LogP contribution in [-0.2, 0) is 27.4 Å². The molecule has 2 aromatic carbocycles. The Balaban J connectivity index is 1.52. The average Bonchev–Trinajstić information content (AvgIpc) is 2.96. The number of aryl methyl sites for hydroxylation is 1. The Labute approximate surface area is 148 Å². The van der Waals surface area contributed by atoms with E-state index >= 15 is 0 Å². The summed E-state index contributed by atoms with van der Waals surface area (Å²) >= 11 is 0. The van der Waals surface area contributed by atoms with Crippen molar-refractivity contribution in [3.63, 3.8) is 0 Å². The van der Waals surface area contributed by atoms with Gasteiger partial charge in [0, 0.05) is 0 Å². The number of rotatable bonds is 4. The van der Waals surface area contributed by atoms with Gasteiger partial charge in [0.25, 0.3) is 0 Å². The Bertz CT molecular complexity index is 757. The lowest BCUT2D eigenvalue weighted by Crippen LogP contribution is -2.36. The van der Waals surface area contributed by atoms with Crippen LogP contribution in [-0.4, -0.2) is 25.4 Å². The molecule has 2 heterocycles. The number of methoxy groups -OCH3 is 1. The lowest BCUT2D eigenvalue weighted by Gasteiger charge is -2.30. The van der Waals surface area contributed by atoms with E-state index in [2.05, 4.69) is 32.0 Å². The second kappa shape index (κ2) is 6.79. The van der Waals surface area contributed by atoms with Crippen molar-refractivity contribution in [2.45, 2.75) is 51.5 Å². The topological polar surface area (TPSA) is 36.9 Å². The molecule has 0 aliphatic carbocycles. The number of fused-ring (bicyclic) bond motifs is 3. The Morgan fingerprint density at radius 2 is 2.00 bits per heavy atom. The van der Waals surface area contributed by atoms with E-state index < -0.39 is 0 Å². The lowest BCUT2D eigenvalue weighted by atomic mass is 9.94. The third kappa shape index (κ3) is 3.06. The molecular weight excluding hydrogens is 316 g/mol. The van der Waals surface area contributed by atoms with E-state index in [9.17, 15) is 0 Å². The third-order valence-electron chi connectivity index (χ3n) is 5.23. The summed E-state index contributed by atoms with van der Waals surface area (Å²) in [5, 5.41) is 0. The predicted molar refractivity (Wildman–Crippen MR) is 94.6 cm³/mol. The summed E-state index contributed by atoms with van der Waals surface area (Å²) in [6, 6.07) is 14.4. The summed E-state index contributed by atoms with van der Waals surface area (Å²) in [6.07, 6.45) is -0.224. The van der Waals surface area contributed by atoms with Gasteiger partial charge < -0.3 is 18.9 Å². The molecule has 4 nitrogen and oxygen atoms in total. The summed E-state index contributed by atoms with van der Waals surface area (Å²) in [6.45, 7) is 5.31. The fourth-order valence-electron chi connectivity index (χ4n) is 3.74. The van der Waals surface area contributed by atoms with Crippen LogP contribution in [0.15, 0.2) is 42.5 Å². The maximum absolute atomic E-state index is 6.24. The predicted octanol–water partition coefficient (Wildman–Crippen LogP) is 3.95.